The van der Waals surface area contributed by atoms with Gasteiger partial charge < -0.3 is 14.6 Å². The zero-order valence-electron chi connectivity index (χ0n) is 10.7. The predicted octanol–water partition coefficient (Wildman–Crippen LogP) is 1.40. The number of hydrogen-bond donors (Lipinski definition) is 0. The van der Waals surface area contributed by atoms with Gasteiger partial charge in [-0.15, -0.1) is 0 Å². The number of hydrogen-bond acceptors (Lipinski definition) is 4. The second-order valence-corrected chi connectivity index (χ2v) is 3.89. The van der Waals surface area contributed by atoms with Crippen LogP contribution in [0.5, 0.6) is 0 Å². The summed E-state index contributed by atoms with van der Waals surface area (Å²) in [5, 5.41) is 10.9. The molecule has 96 valence electrons. The molecule has 0 aromatic heterocycles. The van der Waals surface area contributed by atoms with Gasteiger partial charge in [0.05, 0.1) is 11.5 Å². The first kappa shape index (κ1) is 16.1. The maximum Gasteiger partial charge on any atom is 2.00 e. The average molecular weight is 321 g/mol. The molecular formula is C15H11O4Zn+. The number of carboxylic acids is 1. The molecule has 0 amide bonds. The van der Waals surface area contributed by atoms with Crippen molar-refractivity contribution < 1.29 is 38.9 Å². The van der Waals surface area contributed by atoms with Crippen molar-refractivity contribution in [3.8, 4) is 0 Å². The minimum atomic E-state index is -1.40. The Kier molecular flexibility index (Phi) is 6.07. The van der Waals surface area contributed by atoms with Crippen LogP contribution in [0.1, 0.15) is 26.3 Å². The fourth-order valence-corrected chi connectivity index (χ4v) is 1.64. The molecule has 0 radical (unpaired) electrons. The fourth-order valence-electron chi connectivity index (χ4n) is 1.64. The molecule has 0 spiro atoms. The van der Waals surface area contributed by atoms with Gasteiger partial charge in [0.15, 0.2) is 0 Å². The maximum atomic E-state index is 11.8. The van der Waals surface area contributed by atoms with Crippen molar-refractivity contribution in [2.45, 2.75) is 6.61 Å². The Morgan fingerprint density at radius 2 is 1.45 bits per heavy atom. The van der Waals surface area contributed by atoms with Crippen LogP contribution >= 0.6 is 0 Å². The Hall–Kier alpha value is -2.00. The Bertz CT molecular complexity index is 596. The molecule has 0 aliphatic rings. The number of rotatable bonds is 4. The van der Waals surface area contributed by atoms with Gasteiger partial charge in [0.2, 0.25) is 0 Å². The summed E-state index contributed by atoms with van der Waals surface area (Å²) >= 11 is 0. The minimum Gasteiger partial charge on any atom is -0.545 e. The van der Waals surface area contributed by atoms with Gasteiger partial charge in [-0.2, -0.15) is 0 Å². The summed E-state index contributed by atoms with van der Waals surface area (Å²) in [6.45, 7) is 0.0983. The average Bonchev–Trinajstić information content (AvgIpc) is 2.46. The zero-order valence-corrected chi connectivity index (χ0v) is 13.7. The number of carbonyl (C=O) groups excluding carboxylic acids is 2. The summed E-state index contributed by atoms with van der Waals surface area (Å²) in [4.78, 5) is 22.7. The van der Waals surface area contributed by atoms with Gasteiger partial charge in [-0.05, 0) is 11.6 Å². The van der Waals surface area contributed by atoms with Crippen molar-refractivity contribution in [1.82, 2.24) is 0 Å². The Labute approximate surface area is 129 Å². The van der Waals surface area contributed by atoms with Crippen LogP contribution in [0, 0.1) is 0 Å². The molecule has 2 rings (SSSR count). The Morgan fingerprint density at radius 1 is 0.900 bits per heavy atom. The van der Waals surface area contributed by atoms with E-state index in [-0.39, 0.29) is 37.2 Å². The number of esters is 1. The van der Waals surface area contributed by atoms with Crippen LogP contribution in [0.4, 0.5) is 0 Å². The molecule has 0 heterocycles. The van der Waals surface area contributed by atoms with Gasteiger partial charge in [0.1, 0.15) is 6.61 Å². The van der Waals surface area contributed by atoms with E-state index >= 15 is 0 Å². The van der Waals surface area contributed by atoms with Crippen LogP contribution in [0.15, 0.2) is 54.6 Å². The third kappa shape index (κ3) is 4.00. The van der Waals surface area contributed by atoms with E-state index in [1.165, 1.54) is 18.2 Å². The van der Waals surface area contributed by atoms with E-state index in [1.807, 2.05) is 30.3 Å². The van der Waals surface area contributed by atoms with E-state index in [4.69, 9.17) is 4.74 Å². The molecule has 0 bridgehead atoms. The predicted molar refractivity (Wildman–Crippen MR) is 66.3 cm³/mol. The summed E-state index contributed by atoms with van der Waals surface area (Å²) in [7, 11) is 0. The van der Waals surface area contributed by atoms with Crippen LogP contribution in [0.25, 0.3) is 0 Å². The molecule has 0 N–H and O–H groups in total. The molecule has 0 saturated carbocycles. The van der Waals surface area contributed by atoms with Crippen LogP contribution in [-0.4, -0.2) is 11.9 Å². The molecule has 4 nitrogen and oxygen atoms in total. The third-order valence-corrected chi connectivity index (χ3v) is 2.58. The van der Waals surface area contributed by atoms with Gasteiger partial charge in [-0.3, -0.25) is 0 Å². The molecular weight excluding hydrogens is 310 g/mol. The molecule has 0 atom stereocenters. The molecule has 0 saturated heterocycles. The SMILES string of the molecule is O=C([O-])c1ccccc1C(=O)OCc1ccccc1.[Zn+2]. The van der Waals surface area contributed by atoms with Gasteiger partial charge in [-0.25, -0.2) is 4.79 Å². The van der Waals surface area contributed by atoms with E-state index in [1.54, 1.807) is 6.07 Å². The van der Waals surface area contributed by atoms with E-state index in [9.17, 15) is 14.7 Å². The number of carboxylic acid groups (broad SMARTS) is 1. The van der Waals surface area contributed by atoms with Crippen LogP contribution < -0.4 is 5.11 Å². The minimum absolute atomic E-state index is 0. The van der Waals surface area contributed by atoms with E-state index in [0.717, 1.165) is 5.56 Å². The molecule has 20 heavy (non-hydrogen) atoms. The Morgan fingerprint density at radius 3 is 2.05 bits per heavy atom. The summed E-state index contributed by atoms with van der Waals surface area (Å²) in [5.74, 6) is -2.07. The van der Waals surface area contributed by atoms with E-state index in [2.05, 4.69) is 0 Å². The van der Waals surface area contributed by atoms with Crippen molar-refractivity contribution in [2.24, 2.45) is 0 Å². The molecule has 2 aromatic rings. The second-order valence-electron chi connectivity index (χ2n) is 3.89. The van der Waals surface area contributed by atoms with Crippen LogP contribution in [0.3, 0.4) is 0 Å². The number of aromatic carboxylic acids is 1. The molecule has 0 unspecified atom stereocenters. The fraction of sp³-hybridized carbons (Fsp3) is 0.0667. The number of carbonyl (C=O) groups is 2. The van der Waals surface area contributed by atoms with Gasteiger partial charge in [0.25, 0.3) is 0 Å². The summed E-state index contributed by atoms with van der Waals surface area (Å²) in [5.41, 5.74) is 0.667. The molecule has 2 aromatic carbocycles. The second kappa shape index (κ2) is 7.56. The maximum absolute atomic E-state index is 11.8. The molecule has 0 fully saturated rings. The van der Waals surface area contributed by atoms with Crippen molar-refractivity contribution >= 4 is 11.9 Å². The quantitative estimate of drug-likeness (QED) is 0.631. The number of ether oxygens (including phenoxy) is 1. The first-order chi connectivity index (χ1) is 9.18. The normalized spacial score (nSPS) is 9.40. The summed E-state index contributed by atoms with van der Waals surface area (Å²) in [6.07, 6.45) is 0. The van der Waals surface area contributed by atoms with Crippen molar-refractivity contribution in [1.29, 1.82) is 0 Å². The van der Waals surface area contributed by atoms with Crippen LogP contribution in [-0.2, 0) is 30.8 Å². The van der Waals surface area contributed by atoms with E-state index in [0.29, 0.717) is 0 Å². The third-order valence-electron chi connectivity index (χ3n) is 2.58. The van der Waals surface area contributed by atoms with Crippen molar-refractivity contribution in [2.75, 3.05) is 0 Å². The van der Waals surface area contributed by atoms with Crippen molar-refractivity contribution in [3.63, 3.8) is 0 Å². The topological polar surface area (TPSA) is 66.4 Å². The van der Waals surface area contributed by atoms with Gasteiger partial charge >= 0.3 is 25.4 Å². The smallest absolute Gasteiger partial charge is 0.545 e. The summed E-state index contributed by atoms with van der Waals surface area (Å²) in [6, 6.07) is 15.0. The molecule has 0 aliphatic carbocycles. The zero-order chi connectivity index (χ0) is 13.7. The largest absolute Gasteiger partial charge is 2.00 e. The van der Waals surface area contributed by atoms with Gasteiger partial charge in [-0.1, -0.05) is 48.5 Å². The van der Waals surface area contributed by atoms with Crippen LogP contribution in [0.2, 0.25) is 0 Å². The summed E-state index contributed by atoms with van der Waals surface area (Å²) < 4.78 is 5.07. The molecule has 5 heteroatoms. The number of benzene rings is 2. The monoisotopic (exact) mass is 319 g/mol. The van der Waals surface area contributed by atoms with E-state index < -0.39 is 11.9 Å². The van der Waals surface area contributed by atoms with Gasteiger partial charge in [0, 0.05) is 5.56 Å². The van der Waals surface area contributed by atoms with Crippen molar-refractivity contribution in [3.05, 3.63) is 71.3 Å². The first-order valence-electron chi connectivity index (χ1n) is 5.70. The standard InChI is InChI=1S/C15H12O4.Zn/c16-14(17)12-8-4-5-9-13(12)15(18)19-10-11-6-2-1-3-7-11;/h1-9H,10H2,(H,16,17);/q;+2/p-1. The Balaban J connectivity index is 0.00000200. The molecule has 0 aliphatic heterocycles. The first-order valence-corrected chi connectivity index (χ1v) is 5.70.